The first-order valence-corrected chi connectivity index (χ1v) is 8.15. The molecule has 2 aromatic rings. The van der Waals surface area contributed by atoms with Crippen molar-refractivity contribution < 1.29 is 18.3 Å². The number of hydrogen-bond donors (Lipinski definition) is 2. The molecule has 0 atom stereocenters. The van der Waals surface area contributed by atoms with E-state index in [1.165, 1.54) is 18.2 Å². The molecular formula is C16H14N2O4S. The van der Waals surface area contributed by atoms with Crippen molar-refractivity contribution >= 4 is 16.0 Å². The Kier molecular flexibility index (Phi) is 4.79. The van der Waals surface area contributed by atoms with Crippen LogP contribution >= 0.6 is 0 Å². The van der Waals surface area contributed by atoms with Crippen LogP contribution in [0.5, 0.6) is 0 Å². The number of benzene rings is 2. The Morgan fingerprint density at radius 2 is 1.96 bits per heavy atom. The van der Waals surface area contributed by atoms with Crippen LogP contribution in [-0.2, 0) is 16.6 Å². The second-order valence-corrected chi connectivity index (χ2v) is 6.63. The van der Waals surface area contributed by atoms with Crippen molar-refractivity contribution in [3.05, 3.63) is 64.7 Å². The van der Waals surface area contributed by atoms with Crippen molar-refractivity contribution in [1.82, 2.24) is 4.72 Å². The molecule has 2 N–H and O–H groups in total. The molecule has 0 heterocycles. The molecule has 0 saturated heterocycles. The third kappa shape index (κ3) is 3.74. The van der Waals surface area contributed by atoms with E-state index in [2.05, 4.69) is 4.72 Å². The molecule has 0 aliphatic carbocycles. The zero-order valence-electron chi connectivity index (χ0n) is 12.3. The monoisotopic (exact) mass is 330 g/mol. The quantitative estimate of drug-likeness (QED) is 0.872. The van der Waals surface area contributed by atoms with Gasteiger partial charge in [0.1, 0.15) is 11.0 Å². The highest BCUT2D eigenvalue weighted by atomic mass is 32.2. The van der Waals surface area contributed by atoms with Gasteiger partial charge in [0.05, 0.1) is 11.1 Å². The zero-order valence-corrected chi connectivity index (χ0v) is 13.1. The molecule has 6 nitrogen and oxygen atoms in total. The largest absolute Gasteiger partial charge is 0.478 e. The molecule has 0 amide bonds. The molecule has 0 bridgehead atoms. The van der Waals surface area contributed by atoms with Crippen molar-refractivity contribution in [2.24, 2.45) is 0 Å². The van der Waals surface area contributed by atoms with Crippen LogP contribution in [-0.4, -0.2) is 19.5 Å². The Balaban J connectivity index is 2.27. The Morgan fingerprint density at radius 1 is 1.26 bits per heavy atom. The minimum absolute atomic E-state index is 0.0672. The van der Waals surface area contributed by atoms with E-state index in [0.717, 1.165) is 0 Å². The summed E-state index contributed by atoms with van der Waals surface area (Å²) in [6.07, 6.45) is 0. The maximum atomic E-state index is 12.4. The average molecular weight is 330 g/mol. The first-order chi connectivity index (χ1) is 10.8. The van der Waals surface area contributed by atoms with Crippen LogP contribution in [0, 0.1) is 18.3 Å². The summed E-state index contributed by atoms with van der Waals surface area (Å²) in [4.78, 5) is 10.8. The van der Waals surface area contributed by atoms with E-state index in [4.69, 9.17) is 10.4 Å². The third-order valence-corrected chi connectivity index (χ3v) is 4.72. The smallest absolute Gasteiger partial charge is 0.335 e. The molecule has 118 valence electrons. The maximum Gasteiger partial charge on any atom is 0.335 e. The van der Waals surface area contributed by atoms with Gasteiger partial charge >= 0.3 is 5.97 Å². The van der Waals surface area contributed by atoms with Gasteiger partial charge in [0.15, 0.2) is 0 Å². The van der Waals surface area contributed by atoms with Gasteiger partial charge in [0.2, 0.25) is 10.0 Å². The molecule has 23 heavy (non-hydrogen) atoms. The summed E-state index contributed by atoms with van der Waals surface area (Å²) in [7, 11) is -3.88. The number of carboxylic acids is 1. The standard InChI is InChI=1S/C16H14N2O4S/c1-11-4-2-7-15(14(11)9-17)23(21,22)18-10-12-5-3-6-13(8-12)16(19)20/h2-8,18H,10H2,1H3,(H,19,20). The molecule has 0 saturated carbocycles. The van der Waals surface area contributed by atoms with Gasteiger partial charge in [-0.2, -0.15) is 5.26 Å². The van der Waals surface area contributed by atoms with Crippen molar-refractivity contribution in [1.29, 1.82) is 5.26 Å². The number of nitrogens with zero attached hydrogens (tertiary/aromatic N) is 1. The molecule has 0 spiro atoms. The molecule has 7 heteroatoms. The fourth-order valence-electron chi connectivity index (χ4n) is 2.08. The van der Waals surface area contributed by atoms with E-state index < -0.39 is 16.0 Å². The first kappa shape index (κ1) is 16.7. The predicted octanol–water partition coefficient (Wildman–Crippen LogP) is 2.04. The Hall–Kier alpha value is -2.69. The van der Waals surface area contributed by atoms with Crippen LogP contribution in [0.1, 0.15) is 27.0 Å². The Labute approximate surface area is 134 Å². The van der Waals surface area contributed by atoms with Crippen molar-refractivity contribution in [3.8, 4) is 6.07 Å². The first-order valence-electron chi connectivity index (χ1n) is 6.67. The normalized spacial score (nSPS) is 11.0. The average Bonchev–Trinajstić information content (AvgIpc) is 2.53. The van der Waals surface area contributed by atoms with Crippen molar-refractivity contribution in [2.75, 3.05) is 0 Å². The third-order valence-electron chi connectivity index (χ3n) is 3.28. The summed E-state index contributed by atoms with van der Waals surface area (Å²) in [5.74, 6) is -1.08. The van der Waals surface area contributed by atoms with Gasteiger partial charge in [-0.05, 0) is 36.2 Å². The fourth-order valence-corrected chi connectivity index (χ4v) is 3.32. The van der Waals surface area contributed by atoms with Gasteiger partial charge in [0, 0.05) is 6.54 Å². The van der Waals surface area contributed by atoms with Crippen molar-refractivity contribution in [2.45, 2.75) is 18.4 Å². The minimum atomic E-state index is -3.88. The molecule has 0 aromatic heterocycles. The van der Waals surface area contributed by atoms with Crippen LogP contribution in [0.25, 0.3) is 0 Å². The number of aryl methyl sites for hydroxylation is 1. The van der Waals surface area contributed by atoms with Crippen molar-refractivity contribution in [3.63, 3.8) is 0 Å². The van der Waals surface area contributed by atoms with Crippen LogP contribution < -0.4 is 4.72 Å². The molecule has 2 aromatic carbocycles. The lowest BCUT2D eigenvalue weighted by Gasteiger charge is -2.10. The van der Waals surface area contributed by atoms with Gasteiger partial charge in [-0.25, -0.2) is 17.9 Å². The highest BCUT2D eigenvalue weighted by Gasteiger charge is 2.19. The van der Waals surface area contributed by atoms with Gasteiger partial charge in [-0.1, -0.05) is 24.3 Å². The SMILES string of the molecule is Cc1cccc(S(=O)(=O)NCc2cccc(C(=O)O)c2)c1C#N. The van der Waals surface area contributed by atoms with E-state index in [-0.39, 0.29) is 22.6 Å². The number of nitrogens with one attached hydrogen (secondary N) is 1. The second-order valence-electron chi connectivity index (χ2n) is 4.89. The highest BCUT2D eigenvalue weighted by Crippen LogP contribution is 2.18. The Bertz CT molecular complexity index is 899. The molecular weight excluding hydrogens is 316 g/mol. The molecule has 2 rings (SSSR count). The van der Waals surface area contributed by atoms with Gasteiger partial charge in [0.25, 0.3) is 0 Å². The number of hydrogen-bond acceptors (Lipinski definition) is 4. The molecule has 0 unspecified atom stereocenters. The van der Waals surface area contributed by atoms with Crippen LogP contribution in [0.3, 0.4) is 0 Å². The van der Waals surface area contributed by atoms with E-state index in [0.29, 0.717) is 11.1 Å². The molecule has 0 radical (unpaired) electrons. The lowest BCUT2D eigenvalue weighted by Crippen LogP contribution is -2.24. The molecule has 0 fully saturated rings. The lowest BCUT2D eigenvalue weighted by atomic mass is 10.1. The van der Waals surface area contributed by atoms with Gasteiger partial charge in [-0.15, -0.1) is 0 Å². The summed E-state index contributed by atoms with van der Waals surface area (Å²) >= 11 is 0. The lowest BCUT2D eigenvalue weighted by molar-refractivity contribution is 0.0696. The second kappa shape index (κ2) is 6.60. The topological polar surface area (TPSA) is 107 Å². The zero-order chi connectivity index (χ0) is 17.0. The summed E-state index contributed by atoms with van der Waals surface area (Å²) in [5, 5.41) is 18.1. The fraction of sp³-hybridized carbons (Fsp3) is 0.125. The van der Waals surface area contributed by atoms with Crippen LogP contribution in [0.4, 0.5) is 0 Å². The van der Waals surface area contributed by atoms with Crippen LogP contribution in [0.15, 0.2) is 47.4 Å². The van der Waals surface area contributed by atoms with Crippen LogP contribution in [0.2, 0.25) is 0 Å². The summed E-state index contributed by atoms with van der Waals surface area (Å²) in [5.41, 5.74) is 1.26. The van der Waals surface area contributed by atoms with E-state index in [1.807, 2.05) is 6.07 Å². The van der Waals surface area contributed by atoms with E-state index in [9.17, 15) is 13.2 Å². The minimum Gasteiger partial charge on any atom is -0.478 e. The number of sulfonamides is 1. The van der Waals surface area contributed by atoms with E-state index in [1.54, 1.807) is 31.2 Å². The summed E-state index contributed by atoms with van der Waals surface area (Å²) in [6, 6.07) is 12.5. The number of rotatable bonds is 5. The highest BCUT2D eigenvalue weighted by molar-refractivity contribution is 7.89. The molecule has 0 aliphatic heterocycles. The van der Waals surface area contributed by atoms with Gasteiger partial charge in [-0.3, -0.25) is 0 Å². The number of carboxylic acid groups (broad SMARTS) is 1. The summed E-state index contributed by atoms with van der Waals surface area (Å²) < 4.78 is 27.1. The number of aromatic carboxylic acids is 1. The van der Waals surface area contributed by atoms with Gasteiger partial charge < -0.3 is 5.11 Å². The number of nitriles is 1. The Morgan fingerprint density at radius 3 is 2.61 bits per heavy atom. The number of carbonyl (C=O) groups is 1. The molecule has 0 aliphatic rings. The van der Waals surface area contributed by atoms with E-state index >= 15 is 0 Å². The predicted molar refractivity (Wildman–Crippen MR) is 83.3 cm³/mol. The summed E-state index contributed by atoms with van der Waals surface area (Å²) in [6.45, 7) is 1.59. The maximum absolute atomic E-state index is 12.4.